The Balaban J connectivity index is 1.67. The average molecular weight is 355 g/mol. The lowest BCUT2D eigenvalue weighted by Gasteiger charge is -2.11. The van der Waals surface area contributed by atoms with Gasteiger partial charge in [0, 0.05) is 12.1 Å². The first-order chi connectivity index (χ1) is 12.6. The summed E-state index contributed by atoms with van der Waals surface area (Å²) in [6, 6.07) is 15.6. The highest BCUT2D eigenvalue weighted by Gasteiger charge is 2.04. The number of ether oxygens (including phenoxy) is 2. The molecule has 0 aliphatic carbocycles. The number of aryl methyl sites for hydroxylation is 1. The molecule has 0 atom stereocenters. The van der Waals surface area contributed by atoms with E-state index in [1.807, 2.05) is 50.2 Å². The van der Waals surface area contributed by atoms with E-state index in [1.165, 1.54) is 5.56 Å². The molecule has 2 aromatic carbocycles. The van der Waals surface area contributed by atoms with Crippen molar-refractivity contribution in [1.29, 1.82) is 0 Å². The van der Waals surface area contributed by atoms with Gasteiger partial charge in [0.15, 0.2) is 0 Å². The fourth-order valence-electron chi connectivity index (χ4n) is 2.58. The van der Waals surface area contributed by atoms with Gasteiger partial charge in [-0.05, 0) is 68.7 Å². The quantitative estimate of drug-likeness (QED) is 0.594. The van der Waals surface area contributed by atoms with Crippen LogP contribution in [0.2, 0.25) is 0 Å². The largest absolute Gasteiger partial charge is 0.494 e. The van der Waals surface area contributed by atoms with Crippen LogP contribution in [0, 0.1) is 0 Å². The second kappa shape index (κ2) is 10.5. The van der Waals surface area contributed by atoms with E-state index in [9.17, 15) is 4.79 Å². The summed E-state index contributed by atoms with van der Waals surface area (Å²) in [6.45, 7) is 6.67. The highest BCUT2D eigenvalue weighted by atomic mass is 16.5. The molecule has 4 nitrogen and oxygen atoms in total. The maximum Gasteiger partial charge on any atom is 0.224 e. The van der Waals surface area contributed by atoms with Crippen LogP contribution < -0.4 is 14.8 Å². The summed E-state index contributed by atoms with van der Waals surface area (Å²) in [7, 11) is 0. The molecule has 4 heteroatoms. The Morgan fingerprint density at radius 2 is 1.65 bits per heavy atom. The first kappa shape index (κ1) is 19.8. The predicted octanol–water partition coefficient (Wildman–Crippen LogP) is 5.22. The predicted molar refractivity (Wildman–Crippen MR) is 106 cm³/mol. The first-order valence-corrected chi connectivity index (χ1v) is 9.35. The topological polar surface area (TPSA) is 47.6 Å². The van der Waals surface area contributed by atoms with Crippen LogP contribution in [0.3, 0.4) is 0 Å². The molecule has 0 saturated heterocycles. The molecule has 26 heavy (non-hydrogen) atoms. The Hall–Kier alpha value is -2.49. The Kier molecular flexibility index (Phi) is 8.00. The lowest BCUT2D eigenvalue weighted by Crippen LogP contribution is -2.13. The molecule has 0 heterocycles. The van der Waals surface area contributed by atoms with Gasteiger partial charge in [0.2, 0.25) is 5.91 Å². The van der Waals surface area contributed by atoms with Crippen LogP contribution in [0.5, 0.6) is 11.5 Å². The molecule has 0 aromatic heterocycles. The highest BCUT2D eigenvalue weighted by molar-refractivity contribution is 5.90. The van der Waals surface area contributed by atoms with Crippen LogP contribution in [0.1, 0.15) is 45.6 Å². The van der Waals surface area contributed by atoms with E-state index < -0.39 is 0 Å². The van der Waals surface area contributed by atoms with E-state index in [-0.39, 0.29) is 12.0 Å². The number of anilines is 1. The van der Waals surface area contributed by atoms with Gasteiger partial charge in [-0.3, -0.25) is 4.79 Å². The van der Waals surface area contributed by atoms with Gasteiger partial charge >= 0.3 is 0 Å². The third kappa shape index (κ3) is 7.18. The van der Waals surface area contributed by atoms with Crippen molar-refractivity contribution in [2.24, 2.45) is 0 Å². The van der Waals surface area contributed by atoms with E-state index in [0.29, 0.717) is 19.4 Å². The Bertz CT molecular complexity index is 663. The lowest BCUT2D eigenvalue weighted by molar-refractivity contribution is -0.116. The van der Waals surface area contributed by atoms with Crippen LogP contribution in [-0.2, 0) is 11.2 Å². The number of rotatable bonds is 10. The van der Waals surface area contributed by atoms with Gasteiger partial charge in [-0.15, -0.1) is 0 Å². The van der Waals surface area contributed by atoms with Gasteiger partial charge in [0.1, 0.15) is 11.5 Å². The van der Waals surface area contributed by atoms with E-state index in [0.717, 1.165) is 30.0 Å². The van der Waals surface area contributed by atoms with Crippen molar-refractivity contribution in [2.75, 3.05) is 11.9 Å². The summed E-state index contributed by atoms with van der Waals surface area (Å²) in [6.07, 6.45) is 3.47. The second-order valence-corrected chi connectivity index (χ2v) is 6.59. The normalized spacial score (nSPS) is 10.6. The fraction of sp³-hybridized carbons (Fsp3) is 0.409. The lowest BCUT2D eigenvalue weighted by atomic mass is 10.1. The van der Waals surface area contributed by atoms with Gasteiger partial charge < -0.3 is 14.8 Å². The molecule has 0 bridgehead atoms. The molecule has 0 fully saturated rings. The summed E-state index contributed by atoms with van der Waals surface area (Å²) in [4.78, 5) is 12.0. The summed E-state index contributed by atoms with van der Waals surface area (Å²) in [5, 5.41) is 2.89. The minimum atomic E-state index is -0.00979. The first-order valence-electron chi connectivity index (χ1n) is 9.35. The van der Waals surface area contributed by atoms with Crippen LogP contribution in [0.15, 0.2) is 48.5 Å². The molecule has 0 aliphatic heterocycles. The molecular formula is C22H29NO3. The van der Waals surface area contributed by atoms with Crippen LogP contribution >= 0.6 is 0 Å². The zero-order chi connectivity index (χ0) is 18.8. The molecule has 0 spiro atoms. The standard InChI is InChI=1S/C22H29NO3/c1-4-6-18-8-12-20(13-9-18)25-16-5-7-22(24)23-19-10-14-21(15-11-19)26-17(2)3/h8-15,17H,4-7,16H2,1-3H3,(H,23,24). The third-order valence-corrected chi connectivity index (χ3v) is 3.79. The molecule has 2 aromatic rings. The summed E-state index contributed by atoms with van der Waals surface area (Å²) >= 11 is 0. The van der Waals surface area contributed by atoms with Crippen molar-refractivity contribution in [2.45, 2.75) is 52.6 Å². The number of amides is 1. The summed E-state index contributed by atoms with van der Waals surface area (Å²) in [5.74, 6) is 1.65. The zero-order valence-electron chi connectivity index (χ0n) is 16.0. The van der Waals surface area contributed by atoms with E-state index >= 15 is 0 Å². The van der Waals surface area contributed by atoms with Crippen LogP contribution in [0.4, 0.5) is 5.69 Å². The fourth-order valence-corrected chi connectivity index (χ4v) is 2.58. The number of nitrogens with one attached hydrogen (secondary N) is 1. The van der Waals surface area contributed by atoms with Gasteiger partial charge in [-0.2, -0.15) is 0 Å². The maximum absolute atomic E-state index is 12.0. The molecule has 0 unspecified atom stereocenters. The number of hydrogen-bond acceptors (Lipinski definition) is 3. The SMILES string of the molecule is CCCc1ccc(OCCCC(=O)Nc2ccc(OC(C)C)cc2)cc1. The molecule has 1 N–H and O–H groups in total. The van der Waals surface area contributed by atoms with E-state index in [1.54, 1.807) is 0 Å². The minimum absolute atomic E-state index is 0.00979. The Morgan fingerprint density at radius 1 is 1.00 bits per heavy atom. The molecule has 0 saturated carbocycles. The van der Waals surface area contributed by atoms with Gasteiger partial charge in [0.25, 0.3) is 0 Å². The van der Waals surface area contributed by atoms with Crippen LogP contribution in [-0.4, -0.2) is 18.6 Å². The number of hydrogen-bond donors (Lipinski definition) is 1. The monoisotopic (exact) mass is 355 g/mol. The van der Waals surface area contributed by atoms with Gasteiger partial charge in [0.05, 0.1) is 12.7 Å². The third-order valence-electron chi connectivity index (χ3n) is 3.79. The van der Waals surface area contributed by atoms with Gasteiger partial charge in [-0.25, -0.2) is 0 Å². The number of benzene rings is 2. The second-order valence-electron chi connectivity index (χ2n) is 6.59. The molecule has 0 aliphatic rings. The Morgan fingerprint density at radius 3 is 2.27 bits per heavy atom. The van der Waals surface area contributed by atoms with Crippen molar-refractivity contribution >= 4 is 11.6 Å². The van der Waals surface area contributed by atoms with Crippen LogP contribution in [0.25, 0.3) is 0 Å². The van der Waals surface area contributed by atoms with E-state index in [4.69, 9.17) is 9.47 Å². The zero-order valence-corrected chi connectivity index (χ0v) is 16.0. The van der Waals surface area contributed by atoms with Crippen molar-refractivity contribution in [1.82, 2.24) is 0 Å². The average Bonchev–Trinajstić information content (AvgIpc) is 2.62. The summed E-state index contributed by atoms with van der Waals surface area (Å²) < 4.78 is 11.3. The smallest absolute Gasteiger partial charge is 0.224 e. The molecular weight excluding hydrogens is 326 g/mol. The van der Waals surface area contributed by atoms with E-state index in [2.05, 4.69) is 24.4 Å². The van der Waals surface area contributed by atoms with Crippen molar-refractivity contribution in [3.05, 3.63) is 54.1 Å². The van der Waals surface area contributed by atoms with Crippen molar-refractivity contribution in [3.63, 3.8) is 0 Å². The minimum Gasteiger partial charge on any atom is -0.494 e. The Labute approximate surface area is 156 Å². The summed E-state index contributed by atoms with van der Waals surface area (Å²) in [5.41, 5.74) is 2.10. The maximum atomic E-state index is 12.0. The highest BCUT2D eigenvalue weighted by Crippen LogP contribution is 2.17. The molecule has 0 radical (unpaired) electrons. The number of carbonyl (C=O) groups excluding carboxylic acids is 1. The van der Waals surface area contributed by atoms with Crippen molar-refractivity contribution < 1.29 is 14.3 Å². The number of carbonyl (C=O) groups is 1. The molecule has 140 valence electrons. The van der Waals surface area contributed by atoms with Gasteiger partial charge in [-0.1, -0.05) is 25.5 Å². The molecule has 1 amide bonds. The van der Waals surface area contributed by atoms with Crippen molar-refractivity contribution in [3.8, 4) is 11.5 Å². The molecule has 2 rings (SSSR count).